The van der Waals surface area contributed by atoms with Gasteiger partial charge in [-0.2, -0.15) is 0 Å². The van der Waals surface area contributed by atoms with Gasteiger partial charge in [0.05, 0.1) is 36.8 Å². The summed E-state index contributed by atoms with van der Waals surface area (Å²) in [7, 11) is 4.38. The molecule has 0 saturated heterocycles. The van der Waals surface area contributed by atoms with Gasteiger partial charge < -0.3 is 19.5 Å². The Morgan fingerprint density at radius 3 is 2.12 bits per heavy atom. The van der Waals surface area contributed by atoms with Crippen molar-refractivity contribution in [3.05, 3.63) is 51.0 Å². The molecule has 2 aromatic rings. The average Bonchev–Trinajstić information content (AvgIpc) is 2.60. The van der Waals surface area contributed by atoms with E-state index in [0.717, 1.165) is 6.07 Å². The summed E-state index contributed by atoms with van der Waals surface area (Å²) in [6.45, 7) is 0. The number of anilines is 1. The highest BCUT2D eigenvalue weighted by Crippen LogP contribution is 2.40. The zero-order chi connectivity index (χ0) is 18.6. The van der Waals surface area contributed by atoms with Gasteiger partial charge in [-0.05, 0) is 6.07 Å². The zero-order valence-corrected chi connectivity index (χ0v) is 14.4. The van der Waals surface area contributed by atoms with E-state index >= 15 is 0 Å². The van der Waals surface area contributed by atoms with Crippen LogP contribution in [-0.4, -0.2) is 32.2 Å². The Kier molecular flexibility index (Phi) is 5.66. The highest BCUT2D eigenvalue weighted by atomic mass is 35.5. The first-order valence-corrected chi connectivity index (χ1v) is 7.34. The van der Waals surface area contributed by atoms with Crippen molar-refractivity contribution in [1.29, 1.82) is 0 Å². The molecule has 2 rings (SSSR count). The minimum atomic E-state index is -0.591. The van der Waals surface area contributed by atoms with Crippen molar-refractivity contribution in [2.45, 2.75) is 0 Å². The predicted molar refractivity (Wildman–Crippen MR) is 92.2 cm³/mol. The van der Waals surface area contributed by atoms with Crippen LogP contribution in [-0.2, 0) is 0 Å². The Morgan fingerprint density at radius 1 is 1.08 bits per heavy atom. The van der Waals surface area contributed by atoms with E-state index in [4.69, 9.17) is 25.8 Å². The number of nitro benzene ring substituents is 1. The second-order valence-corrected chi connectivity index (χ2v) is 5.20. The third-order valence-electron chi connectivity index (χ3n) is 3.33. The lowest BCUT2D eigenvalue weighted by Gasteiger charge is -2.14. The SMILES string of the molecule is COc1cc(NC(=O)c2ccc([N+](=O)[O-])cc2Cl)cc(OC)c1OC. The summed E-state index contributed by atoms with van der Waals surface area (Å²) in [5.74, 6) is 0.587. The van der Waals surface area contributed by atoms with Gasteiger partial charge in [-0.1, -0.05) is 11.6 Å². The summed E-state index contributed by atoms with van der Waals surface area (Å²) < 4.78 is 15.6. The second kappa shape index (κ2) is 7.71. The molecule has 0 spiro atoms. The number of nitro groups is 1. The average molecular weight is 367 g/mol. The van der Waals surface area contributed by atoms with Gasteiger partial charge in [0.1, 0.15) is 0 Å². The molecule has 0 atom stereocenters. The highest BCUT2D eigenvalue weighted by molar-refractivity contribution is 6.34. The van der Waals surface area contributed by atoms with Gasteiger partial charge in [0.15, 0.2) is 11.5 Å². The zero-order valence-electron chi connectivity index (χ0n) is 13.7. The lowest BCUT2D eigenvalue weighted by Crippen LogP contribution is -2.13. The molecule has 9 heteroatoms. The standard InChI is InChI=1S/C16H15ClN2O6/c1-23-13-6-9(7-14(24-2)15(13)25-3)18-16(20)11-5-4-10(19(21)22)8-12(11)17/h4-8H,1-3H3,(H,18,20). The van der Waals surface area contributed by atoms with Gasteiger partial charge >= 0.3 is 0 Å². The normalized spacial score (nSPS) is 10.1. The summed E-state index contributed by atoms with van der Waals surface area (Å²) >= 11 is 5.96. The lowest BCUT2D eigenvalue weighted by atomic mass is 10.1. The van der Waals surface area contributed by atoms with E-state index in [1.54, 1.807) is 12.1 Å². The Bertz CT molecular complexity index is 799. The van der Waals surface area contributed by atoms with E-state index in [1.807, 2.05) is 0 Å². The van der Waals surface area contributed by atoms with Gasteiger partial charge in [0, 0.05) is 30.0 Å². The molecule has 0 aliphatic heterocycles. The van der Waals surface area contributed by atoms with Crippen LogP contribution in [0.15, 0.2) is 30.3 Å². The first-order chi connectivity index (χ1) is 11.9. The molecule has 1 amide bonds. The van der Waals surface area contributed by atoms with E-state index in [1.165, 1.54) is 33.5 Å². The number of halogens is 1. The number of ether oxygens (including phenoxy) is 3. The Hall–Kier alpha value is -3.00. The highest BCUT2D eigenvalue weighted by Gasteiger charge is 2.18. The molecule has 25 heavy (non-hydrogen) atoms. The molecule has 1 N–H and O–H groups in total. The first-order valence-electron chi connectivity index (χ1n) is 6.96. The number of nitrogens with zero attached hydrogens (tertiary/aromatic N) is 1. The summed E-state index contributed by atoms with van der Waals surface area (Å²) in [5.41, 5.74) is 0.282. The van der Waals surface area contributed by atoms with Gasteiger partial charge in [-0.3, -0.25) is 14.9 Å². The van der Waals surface area contributed by atoms with E-state index in [2.05, 4.69) is 5.32 Å². The Labute approximate surface area is 148 Å². The van der Waals surface area contributed by atoms with Crippen molar-refractivity contribution in [2.24, 2.45) is 0 Å². The van der Waals surface area contributed by atoms with Crippen LogP contribution in [0.1, 0.15) is 10.4 Å². The van der Waals surface area contributed by atoms with E-state index in [0.29, 0.717) is 22.9 Å². The monoisotopic (exact) mass is 366 g/mol. The van der Waals surface area contributed by atoms with Gasteiger partial charge in [-0.25, -0.2) is 0 Å². The third kappa shape index (κ3) is 3.92. The fraction of sp³-hybridized carbons (Fsp3) is 0.188. The summed E-state index contributed by atoms with van der Waals surface area (Å²) in [5, 5.41) is 13.3. The summed E-state index contributed by atoms with van der Waals surface area (Å²) in [6, 6.07) is 6.71. The van der Waals surface area contributed by atoms with E-state index in [-0.39, 0.29) is 16.3 Å². The number of rotatable bonds is 6. The van der Waals surface area contributed by atoms with Crippen molar-refractivity contribution < 1.29 is 23.9 Å². The first kappa shape index (κ1) is 18.3. The number of hydrogen-bond donors (Lipinski definition) is 1. The number of methoxy groups -OCH3 is 3. The summed E-state index contributed by atoms with van der Waals surface area (Å²) in [6.07, 6.45) is 0. The number of hydrogen-bond acceptors (Lipinski definition) is 6. The van der Waals surface area contributed by atoms with E-state index in [9.17, 15) is 14.9 Å². The quantitative estimate of drug-likeness (QED) is 0.620. The Balaban J connectivity index is 2.33. The van der Waals surface area contributed by atoms with Crippen LogP contribution in [0.3, 0.4) is 0 Å². The molecule has 0 aliphatic rings. The van der Waals surface area contributed by atoms with Crippen molar-refractivity contribution in [2.75, 3.05) is 26.6 Å². The maximum absolute atomic E-state index is 12.4. The van der Waals surface area contributed by atoms with Gasteiger partial charge in [0.2, 0.25) is 5.75 Å². The van der Waals surface area contributed by atoms with Crippen LogP contribution in [0, 0.1) is 10.1 Å². The van der Waals surface area contributed by atoms with Crippen LogP contribution in [0.5, 0.6) is 17.2 Å². The molecule has 0 saturated carbocycles. The topological polar surface area (TPSA) is 99.9 Å². The van der Waals surface area contributed by atoms with Gasteiger partial charge in [-0.15, -0.1) is 0 Å². The molecule has 0 heterocycles. The van der Waals surface area contributed by atoms with Crippen molar-refractivity contribution in [1.82, 2.24) is 0 Å². The maximum atomic E-state index is 12.4. The third-order valence-corrected chi connectivity index (χ3v) is 3.64. The molecule has 0 fully saturated rings. The molecule has 0 radical (unpaired) electrons. The smallest absolute Gasteiger partial charge is 0.270 e. The number of nitrogens with one attached hydrogen (secondary N) is 1. The van der Waals surface area contributed by atoms with Gasteiger partial charge in [0.25, 0.3) is 11.6 Å². The maximum Gasteiger partial charge on any atom is 0.270 e. The lowest BCUT2D eigenvalue weighted by molar-refractivity contribution is -0.384. The summed E-state index contributed by atoms with van der Waals surface area (Å²) in [4.78, 5) is 22.5. The minimum Gasteiger partial charge on any atom is -0.493 e. The van der Waals surface area contributed by atoms with Crippen molar-refractivity contribution >= 4 is 28.9 Å². The second-order valence-electron chi connectivity index (χ2n) is 4.79. The number of carbonyl (C=O) groups is 1. The number of benzene rings is 2. The van der Waals surface area contributed by atoms with Crippen molar-refractivity contribution in [3.63, 3.8) is 0 Å². The molecular formula is C16H15ClN2O6. The molecule has 0 aliphatic carbocycles. The fourth-order valence-electron chi connectivity index (χ4n) is 2.15. The van der Waals surface area contributed by atoms with Crippen LogP contribution in [0.25, 0.3) is 0 Å². The fourth-order valence-corrected chi connectivity index (χ4v) is 2.41. The molecular weight excluding hydrogens is 352 g/mol. The molecule has 0 bridgehead atoms. The molecule has 8 nitrogen and oxygen atoms in total. The number of non-ortho nitro benzene ring substituents is 1. The number of amides is 1. The van der Waals surface area contributed by atoms with Crippen LogP contribution >= 0.6 is 11.6 Å². The predicted octanol–water partition coefficient (Wildman–Crippen LogP) is 3.53. The Morgan fingerprint density at radius 2 is 1.68 bits per heavy atom. The largest absolute Gasteiger partial charge is 0.493 e. The van der Waals surface area contributed by atoms with Crippen LogP contribution in [0.2, 0.25) is 5.02 Å². The van der Waals surface area contributed by atoms with E-state index < -0.39 is 10.8 Å². The molecule has 132 valence electrons. The van der Waals surface area contributed by atoms with Crippen LogP contribution in [0.4, 0.5) is 11.4 Å². The van der Waals surface area contributed by atoms with Crippen molar-refractivity contribution in [3.8, 4) is 17.2 Å². The van der Waals surface area contributed by atoms with Crippen LogP contribution < -0.4 is 19.5 Å². The number of carbonyl (C=O) groups excluding carboxylic acids is 1. The molecule has 0 unspecified atom stereocenters. The molecule has 2 aromatic carbocycles. The molecule has 0 aromatic heterocycles. The minimum absolute atomic E-state index is 0.0286.